The van der Waals surface area contributed by atoms with Gasteiger partial charge in [0.25, 0.3) is 0 Å². The zero-order valence-electron chi connectivity index (χ0n) is 12.1. The van der Waals surface area contributed by atoms with Crippen LogP contribution in [0.25, 0.3) is 0 Å². The van der Waals surface area contributed by atoms with E-state index in [1.165, 1.54) is 0 Å². The first-order chi connectivity index (χ1) is 9.69. The fraction of sp³-hybridized carbons (Fsp3) is 0.600. The molecular weight excluding hydrogens is 264 g/mol. The Kier molecular flexibility index (Phi) is 8.14. The molecule has 5 heteroatoms. The topological polar surface area (TPSA) is 30.5 Å². The lowest BCUT2D eigenvalue weighted by Crippen LogP contribution is -2.23. The first-order valence-electron chi connectivity index (χ1n) is 6.95. The smallest absolute Gasteiger partial charge is 0.387 e. The Balaban J connectivity index is 2.81. The van der Waals surface area contributed by atoms with Gasteiger partial charge in [0, 0.05) is 25.3 Å². The molecule has 3 nitrogen and oxygen atoms in total. The van der Waals surface area contributed by atoms with Crippen LogP contribution < -0.4 is 10.1 Å². The van der Waals surface area contributed by atoms with E-state index in [0.29, 0.717) is 6.61 Å². The normalized spacial score (nSPS) is 12.7. The minimum absolute atomic E-state index is 0.0000463. The van der Waals surface area contributed by atoms with Crippen LogP contribution in [0, 0.1) is 0 Å². The molecule has 0 radical (unpaired) electrons. The molecule has 0 aliphatic carbocycles. The van der Waals surface area contributed by atoms with Gasteiger partial charge in [0.1, 0.15) is 5.75 Å². The fourth-order valence-corrected chi connectivity index (χ4v) is 2.09. The summed E-state index contributed by atoms with van der Waals surface area (Å²) in [4.78, 5) is 0. The van der Waals surface area contributed by atoms with E-state index >= 15 is 0 Å². The number of hydrogen-bond acceptors (Lipinski definition) is 3. The van der Waals surface area contributed by atoms with Crippen molar-refractivity contribution in [2.45, 2.75) is 38.8 Å². The quantitative estimate of drug-likeness (QED) is 0.665. The van der Waals surface area contributed by atoms with Crippen molar-refractivity contribution < 1.29 is 18.3 Å². The number of ether oxygens (including phenoxy) is 2. The monoisotopic (exact) mass is 287 g/mol. The molecule has 114 valence electrons. The summed E-state index contributed by atoms with van der Waals surface area (Å²) in [6.07, 6.45) is 2.66. The molecule has 0 heterocycles. The van der Waals surface area contributed by atoms with Gasteiger partial charge in [-0.15, -0.1) is 0 Å². The molecule has 1 rings (SSSR count). The predicted octanol–water partition coefficient (Wildman–Crippen LogP) is 3.76. The van der Waals surface area contributed by atoms with Crippen LogP contribution >= 0.6 is 0 Å². The summed E-state index contributed by atoms with van der Waals surface area (Å²) in [6.45, 7) is 0.755. The van der Waals surface area contributed by atoms with Crippen molar-refractivity contribution in [3.63, 3.8) is 0 Å². The van der Waals surface area contributed by atoms with Gasteiger partial charge >= 0.3 is 6.61 Å². The number of methoxy groups -OCH3 is 1. The molecule has 0 amide bonds. The molecule has 1 aromatic carbocycles. The average Bonchev–Trinajstić information content (AvgIpc) is 2.43. The molecule has 1 aromatic rings. The zero-order chi connectivity index (χ0) is 14.8. The molecule has 0 bridgehead atoms. The van der Waals surface area contributed by atoms with Crippen molar-refractivity contribution in [1.29, 1.82) is 0 Å². The molecular formula is C15H23F2NO2. The Bertz CT molecular complexity index is 375. The number of para-hydroxylation sites is 1. The maximum atomic E-state index is 12.5. The second-order valence-corrected chi connectivity index (χ2v) is 4.56. The van der Waals surface area contributed by atoms with Crippen LogP contribution in [0.1, 0.15) is 37.8 Å². The van der Waals surface area contributed by atoms with Crippen molar-refractivity contribution in [1.82, 2.24) is 5.32 Å². The zero-order valence-corrected chi connectivity index (χ0v) is 12.1. The molecule has 0 fully saturated rings. The van der Waals surface area contributed by atoms with Gasteiger partial charge in [-0.1, -0.05) is 25.1 Å². The molecule has 0 spiro atoms. The highest BCUT2D eigenvalue weighted by molar-refractivity contribution is 5.36. The number of hydrogen-bond donors (Lipinski definition) is 1. The van der Waals surface area contributed by atoms with Crippen molar-refractivity contribution in [3.05, 3.63) is 29.8 Å². The van der Waals surface area contributed by atoms with E-state index in [-0.39, 0.29) is 11.8 Å². The minimum Gasteiger partial charge on any atom is -0.434 e. The van der Waals surface area contributed by atoms with Gasteiger partial charge in [0.2, 0.25) is 0 Å². The van der Waals surface area contributed by atoms with E-state index in [2.05, 4.69) is 17.0 Å². The van der Waals surface area contributed by atoms with Crippen LogP contribution in [0.4, 0.5) is 8.78 Å². The summed E-state index contributed by atoms with van der Waals surface area (Å²) in [5, 5.41) is 3.38. The lowest BCUT2D eigenvalue weighted by molar-refractivity contribution is -0.0507. The Morgan fingerprint density at radius 1 is 1.25 bits per heavy atom. The highest BCUT2D eigenvalue weighted by Gasteiger charge is 2.17. The average molecular weight is 287 g/mol. The minimum atomic E-state index is -2.80. The van der Waals surface area contributed by atoms with Gasteiger partial charge in [-0.2, -0.15) is 8.78 Å². The maximum Gasteiger partial charge on any atom is 0.387 e. The summed E-state index contributed by atoms with van der Waals surface area (Å²) >= 11 is 0. The number of alkyl halides is 2. The highest BCUT2D eigenvalue weighted by Crippen LogP contribution is 2.29. The van der Waals surface area contributed by atoms with Gasteiger partial charge in [-0.05, 0) is 31.9 Å². The summed E-state index contributed by atoms with van der Waals surface area (Å²) in [6, 6.07) is 6.95. The second-order valence-electron chi connectivity index (χ2n) is 4.56. The lowest BCUT2D eigenvalue weighted by atomic mass is 10.0. The van der Waals surface area contributed by atoms with E-state index in [0.717, 1.165) is 31.4 Å². The third kappa shape index (κ3) is 5.84. The number of rotatable bonds is 10. The number of benzene rings is 1. The summed E-state index contributed by atoms with van der Waals surface area (Å²) in [7, 11) is 1.66. The van der Waals surface area contributed by atoms with Crippen LogP contribution in [0.3, 0.4) is 0 Å². The van der Waals surface area contributed by atoms with Gasteiger partial charge in [-0.25, -0.2) is 0 Å². The van der Waals surface area contributed by atoms with Crippen LogP contribution in [0.5, 0.6) is 5.75 Å². The van der Waals surface area contributed by atoms with E-state index < -0.39 is 6.61 Å². The van der Waals surface area contributed by atoms with Crippen molar-refractivity contribution in [3.8, 4) is 5.75 Å². The highest BCUT2D eigenvalue weighted by atomic mass is 19.3. The van der Waals surface area contributed by atoms with Gasteiger partial charge < -0.3 is 14.8 Å². The number of halogens is 2. The first kappa shape index (κ1) is 16.9. The van der Waals surface area contributed by atoms with Crippen LogP contribution in [-0.2, 0) is 4.74 Å². The van der Waals surface area contributed by atoms with Crippen molar-refractivity contribution in [2.75, 3.05) is 20.3 Å². The predicted molar refractivity (Wildman–Crippen MR) is 75.2 cm³/mol. The lowest BCUT2D eigenvalue weighted by Gasteiger charge is -2.21. The standard InChI is InChI=1S/C15H23F2NO2/c1-3-10-18-13(8-6-11-19-2)12-7-4-5-9-14(12)20-15(16)17/h4-5,7,9,13,15,18H,3,6,8,10-11H2,1-2H3. The Morgan fingerprint density at radius 3 is 2.65 bits per heavy atom. The molecule has 0 aliphatic heterocycles. The molecule has 0 aliphatic rings. The fourth-order valence-electron chi connectivity index (χ4n) is 2.09. The van der Waals surface area contributed by atoms with Gasteiger partial charge in [0.15, 0.2) is 0 Å². The molecule has 20 heavy (non-hydrogen) atoms. The molecule has 0 saturated carbocycles. The summed E-state index contributed by atoms with van der Waals surface area (Å²) < 4.78 is 34.6. The summed E-state index contributed by atoms with van der Waals surface area (Å²) in [5.74, 6) is 0.244. The molecule has 1 unspecified atom stereocenters. The van der Waals surface area contributed by atoms with Crippen LogP contribution in [0.15, 0.2) is 24.3 Å². The molecule has 1 atom stereocenters. The first-order valence-corrected chi connectivity index (χ1v) is 6.95. The van der Waals surface area contributed by atoms with E-state index in [4.69, 9.17) is 4.74 Å². The molecule has 0 saturated heterocycles. The Labute approximate surface area is 119 Å². The van der Waals surface area contributed by atoms with Gasteiger partial charge in [-0.3, -0.25) is 0 Å². The third-order valence-corrected chi connectivity index (χ3v) is 2.99. The third-order valence-electron chi connectivity index (χ3n) is 2.99. The maximum absolute atomic E-state index is 12.5. The largest absolute Gasteiger partial charge is 0.434 e. The van der Waals surface area contributed by atoms with E-state index in [9.17, 15) is 8.78 Å². The van der Waals surface area contributed by atoms with E-state index in [1.807, 2.05) is 12.1 Å². The summed E-state index contributed by atoms with van der Waals surface area (Å²) in [5.41, 5.74) is 0.775. The van der Waals surface area contributed by atoms with Crippen molar-refractivity contribution >= 4 is 0 Å². The van der Waals surface area contributed by atoms with Gasteiger partial charge in [0.05, 0.1) is 0 Å². The Morgan fingerprint density at radius 2 is 2.00 bits per heavy atom. The van der Waals surface area contributed by atoms with Crippen LogP contribution in [-0.4, -0.2) is 26.9 Å². The molecule has 0 aromatic heterocycles. The van der Waals surface area contributed by atoms with Crippen molar-refractivity contribution in [2.24, 2.45) is 0 Å². The SMILES string of the molecule is CCCNC(CCCOC)c1ccccc1OC(F)F. The number of nitrogens with one attached hydrogen (secondary N) is 1. The molecule has 1 N–H and O–H groups in total. The Hall–Kier alpha value is -1.20. The van der Waals surface area contributed by atoms with E-state index in [1.54, 1.807) is 19.2 Å². The second kappa shape index (κ2) is 9.66. The van der Waals surface area contributed by atoms with Crippen LogP contribution in [0.2, 0.25) is 0 Å².